The fraction of sp³-hybridized carbons (Fsp3) is 0.929. The minimum absolute atomic E-state index is 0.200. The maximum atomic E-state index is 12.0. The molecule has 2 fully saturated rings. The third kappa shape index (κ3) is 3.95. The molecule has 0 saturated carbocycles. The van der Waals surface area contributed by atoms with Crippen molar-refractivity contribution in [3.63, 3.8) is 0 Å². The van der Waals surface area contributed by atoms with Gasteiger partial charge in [0.15, 0.2) is 0 Å². The van der Waals surface area contributed by atoms with Gasteiger partial charge in [-0.1, -0.05) is 0 Å². The molecule has 0 bridgehead atoms. The lowest BCUT2D eigenvalue weighted by molar-refractivity contribution is -0.132. The third-order valence-corrected chi connectivity index (χ3v) is 4.30. The molecule has 1 amide bonds. The zero-order valence-electron chi connectivity index (χ0n) is 11.6. The van der Waals surface area contributed by atoms with E-state index < -0.39 is 0 Å². The van der Waals surface area contributed by atoms with Gasteiger partial charge in [0, 0.05) is 32.1 Å². The SMILES string of the molecule is CN1CCC(CCCC(=O)N2CCCC(N)C2)C1. The van der Waals surface area contributed by atoms with Crippen LogP contribution in [0.1, 0.15) is 38.5 Å². The summed E-state index contributed by atoms with van der Waals surface area (Å²) in [6.45, 7) is 4.12. The van der Waals surface area contributed by atoms with E-state index in [0.717, 1.165) is 38.3 Å². The summed E-state index contributed by atoms with van der Waals surface area (Å²) in [5.74, 6) is 1.13. The lowest BCUT2D eigenvalue weighted by Gasteiger charge is -2.31. The van der Waals surface area contributed by atoms with Gasteiger partial charge >= 0.3 is 0 Å². The third-order valence-electron chi connectivity index (χ3n) is 4.30. The molecule has 2 heterocycles. The first-order valence-corrected chi connectivity index (χ1v) is 7.37. The molecule has 2 N–H and O–H groups in total. The van der Waals surface area contributed by atoms with Gasteiger partial charge in [0.25, 0.3) is 0 Å². The normalized spacial score (nSPS) is 29.8. The van der Waals surface area contributed by atoms with Gasteiger partial charge in [-0.15, -0.1) is 0 Å². The molecule has 2 saturated heterocycles. The quantitative estimate of drug-likeness (QED) is 0.815. The molecule has 18 heavy (non-hydrogen) atoms. The van der Waals surface area contributed by atoms with E-state index >= 15 is 0 Å². The van der Waals surface area contributed by atoms with Gasteiger partial charge < -0.3 is 15.5 Å². The first-order valence-electron chi connectivity index (χ1n) is 7.37. The van der Waals surface area contributed by atoms with Gasteiger partial charge in [-0.3, -0.25) is 4.79 Å². The number of likely N-dealkylation sites (tertiary alicyclic amines) is 2. The predicted octanol–water partition coefficient (Wildman–Crippen LogP) is 1.06. The van der Waals surface area contributed by atoms with Crippen LogP contribution in [-0.4, -0.2) is 55.0 Å². The van der Waals surface area contributed by atoms with Crippen molar-refractivity contribution in [2.24, 2.45) is 11.7 Å². The molecule has 0 spiro atoms. The summed E-state index contributed by atoms with van der Waals surface area (Å²) in [4.78, 5) is 16.4. The minimum Gasteiger partial charge on any atom is -0.341 e. The molecule has 2 rings (SSSR count). The van der Waals surface area contributed by atoms with Gasteiger partial charge in [0.1, 0.15) is 0 Å². The lowest BCUT2D eigenvalue weighted by atomic mass is 10.0. The van der Waals surface area contributed by atoms with Gasteiger partial charge in [-0.05, 0) is 51.6 Å². The van der Waals surface area contributed by atoms with Crippen LogP contribution in [0.2, 0.25) is 0 Å². The van der Waals surface area contributed by atoms with E-state index in [-0.39, 0.29) is 6.04 Å². The fourth-order valence-electron chi connectivity index (χ4n) is 3.20. The van der Waals surface area contributed by atoms with Gasteiger partial charge in [0.2, 0.25) is 5.91 Å². The maximum Gasteiger partial charge on any atom is 0.222 e. The van der Waals surface area contributed by atoms with Crippen molar-refractivity contribution in [2.45, 2.75) is 44.6 Å². The molecule has 0 radical (unpaired) electrons. The molecular formula is C14H27N3O. The van der Waals surface area contributed by atoms with Crippen LogP contribution in [0.25, 0.3) is 0 Å². The highest BCUT2D eigenvalue weighted by Crippen LogP contribution is 2.21. The lowest BCUT2D eigenvalue weighted by Crippen LogP contribution is -2.45. The molecular weight excluding hydrogens is 226 g/mol. The summed E-state index contributed by atoms with van der Waals surface area (Å²) < 4.78 is 0. The molecule has 2 aliphatic heterocycles. The molecule has 4 nitrogen and oxygen atoms in total. The molecule has 0 aliphatic carbocycles. The molecule has 104 valence electrons. The van der Waals surface area contributed by atoms with Crippen LogP contribution in [0.4, 0.5) is 0 Å². The van der Waals surface area contributed by atoms with Crippen LogP contribution in [0.15, 0.2) is 0 Å². The van der Waals surface area contributed by atoms with E-state index in [9.17, 15) is 4.79 Å². The zero-order valence-corrected chi connectivity index (χ0v) is 11.6. The topological polar surface area (TPSA) is 49.6 Å². The Hall–Kier alpha value is -0.610. The number of piperidine rings is 1. The zero-order chi connectivity index (χ0) is 13.0. The Kier molecular flexibility index (Phi) is 5.01. The number of rotatable bonds is 4. The van der Waals surface area contributed by atoms with Gasteiger partial charge in [0.05, 0.1) is 0 Å². The maximum absolute atomic E-state index is 12.0. The highest BCUT2D eigenvalue weighted by Gasteiger charge is 2.22. The number of carbonyl (C=O) groups excluding carboxylic acids is 1. The summed E-state index contributed by atoms with van der Waals surface area (Å²) in [6, 6.07) is 0.200. The Morgan fingerprint density at radius 2 is 2.11 bits per heavy atom. The minimum atomic E-state index is 0.200. The number of carbonyl (C=O) groups is 1. The molecule has 4 heteroatoms. The Balaban J connectivity index is 1.62. The molecule has 0 aromatic heterocycles. The average Bonchev–Trinajstić information content (AvgIpc) is 2.75. The van der Waals surface area contributed by atoms with E-state index in [1.165, 1.54) is 25.9 Å². The van der Waals surface area contributed by atoms with E-state index in [0.29, 0.717) is 12.3 Å². The van der Waals surface area contributed by atoms with Crippen molar-refractivity contribution in [2.75, 3.05) is 33.2 Å². The molecule has 0 aromatic rings. The van der Waals surface area contributed by atoms with Crippen molar-refractivity contribution in [1.29, 1.82) is 0 Å². The van der Waals surface area contributed by atoms with Crippen molar-refractivity contribution in [3.8, 4) is 0 Å². The Morgan fingerprint density at radius 1 is 1.28 bits per heavy atom. The number of nitrogens with zero attached hydrogens (tertiary/aromatic N) is 2. The van der Waals surface area contributed by atoms with E-state index in [1.54, 1.807) is 0 Å². The summed E-state index contributed by atoms with van der Waals surface area (Å²) >= 11 is 0. The fourth-order valence-corrected chi connectivity index (χ4v) is 3.20. The van der Waals surface area contributed by atoms with Crippen LogP contribution < -0.4 is 5.73 Å². The number of nitrogens with two attached hydrogens (primary N) is 1. The second kappa shape index (κ2) is 6.53. The largest absolute Gasteiger partial charge is 0.341 e. The number of amides is 1. The predicted molar refractivity (Wildman–Crippen MR) is 73.2 cm³/mol. The van der Waals surface area contributed by atoms with E-state index in [1.807, 2.05) is 4.90 Å². The summed E-state index contributed by atoms with van der Waals surface area (Å²) in [5, 5.41) is 0. The van der Waals surface area contributed by atoms with Crippen LogP contribution in [0.3, 0.4) is 0 Å². The molecule has 2 aliphatic rings. The average molecular weight is 253 g/mol. The molecule has 2 unspecified atom stereocenters. The summed E-state index contributed by atoms with van der Waals surface area (Å²) in [6.07, 6.45) is 6.41. The smallest absolute Gasteiger partial charge is 0.222 e. The first-order chi connectivity index (χ1) is 8.65. The van der Waals surface area contributed by atoms with Crippen molar-refractivity contribution in [3.05, 3.63) is 0 Å². The number of hydrogen-bond acceptors (Lipinski definition) is 3. The highest BCUT2D eigenvalue weighted by atomic mass is 16.2. The molecule has 2 atom stereocenters. The monoisotopic (exact) mass is 253 g/mol. The van der Waals surface area contributed by atoms with Gasteiger partial charge in [-0.2, -0.15) is 0 Å². The van der Waals surface area contributed by atoms with Crippen LogP contribution in [0.5, 0.6) is 0 Å². The number of hydrogen-bond donors (Lipinski definition) is 1. The Labute approximate surface area is 110 Å². The standard InChI is InChI=1S/C14H27N3O/c1-16-9-7-12(10-16)4-2-6-14(18)17-8-3-5-13(15)11-17/h12-13H,2-11,15H2,1H3. The van der Waals surface area contributed by atoms with E-state index in [4.69, 9.17) is 5.73 Å². The van der Waals surface area contributed by atoms with Crippen molar-refractivity contribution >= 4 is 5.91 Å². The Morgan fingerprint density at radius 3 is 2.78 bits per heavy atom. The van der Waals surface area contributed by atoms with Crippen LogP contribution in [-0.2, 0) is 4.79 Å². The van der Waals surface area contributed by atoms with Crippen molar-refractivity contribution < 1.29 is 4.79 Å². The molecule has 0 aromatic carbocycles. The van der Waals surface area contributed by atoms with Crippen LogP contribution in [0, 0.1) is 5.92 Å². The van der Waals surface area contributed by atoms with Gasteiger partial charge in [-0.25, -0.2) is 0 Å². The first kappa shape index (κ1) is 13.8. The van der Waals surface area contributed by atoms with Crippen LogP contribution >= 0.6 is 0 Å². The summed E-state index contributed by atoms with van der Waals surface area (Å²) in [7, 11) is 2.18. The van der Waals surface area contributed by atoms with E-state index in [2.05, 4.69) is 11.9 Å². The second-order valence-electron chi connectivity index (χ2n) is 6.05. The summed E-state index contributed by atoms with van der Waals surface area (Å²) in [5.41, 5.74) is 5.91. The van der Waals surface area contributed by atoms with Crippen molar-refractivity contribution in [1.82, 2.24) is 9.80 Å². The highest BCUT2D eigenvalue weighted by molar-refractivity contribution is 5.76. The second-order valence-corrected chi connectivity index (χ2v) is 6.05. The Bertz CT molecular complexity index is 282.